The van der Waals surface area contributed by atoms with Gasteiger partial charge in [-0.25, -0.2) is 0 Å². The molecule has 0 radical (unpaired) electrons. The van der Waals surface area contributed by atoms with Gasteiger partial charge in [0, 0.05) is 19.3 Å². The van der Waals surface area contributed by atoms with E-state index in [4.69, 9.17) is 14.2 Å². The van der Waals surface area contributed by atoms with Gasteiger partial charge in [-0.15, -0.1) is 0 Å². The van der Waals surface area contributed by atoms with E-state index in [1.807, 2.05) is 0 Å². The summed E-state index contributed by atoms with van der Waals surface area (Å²) in [7, 11) is 0. The maximum Gasteiger partial charge on any atom is 0.306 e. The molecular weight excluding hydrogens is 781 g/mol. The number of hydrogen-bond acceptors (Lipinski definition) is 6. The number of rotatable bonds is 51. The summed E-state index contributed by atoms with van der Waals surface area (Å²) in [5, 5.41) is 0. The molecule has 0 unspecified atom stereocenters. The molecule has 0 aliphatic heterocycles. The first-order valence-corrected chi connectivity index (χ1v) is 28.2. The van der Waals surface area contributed by atoms with Gasteiger partial charge < -0.3 is 14.2 Å². The van der Waals surface area contributed by atoms with Crippen molar-refractivity contribution < 1.29 is 28.6 Å². The second-order valence-corrected chi connectivity index (χ2v) is 20.5. The third-order valence-corrected chi connectivity index (χ3v) is 13.0. The van der Waals surface area contributed by atoms with E-state index in [0.717, 1.165) is 69.6 Å². The SMILES string of the molecule is CCCCCCCCCCCC(=O)OC[C@H](COC(=O)CCCCCCCCCCCCCCCCCCCCC(C)C)OC(=O)CCCCCCCCCCCCCCC(C)C. The van der Waals surface area contributed by atoms with Crippen LogP contribution >= 0.6 is 0 Å². The number of ether oxygens (including phenoxy) is 3. The molecule has 0 aliphatic rings. The Labute approximate surface area is 393 Å². The lowest BCUT2D eigenvalue weighted by atomic mass is 10.0. The molecule has 0 rings (SSSR count). The molecule has 6 nitrogen and oxygen atoms in total. The van der Waals surface area contributed by atoms with Crippen LogP contribution < -0.4 is 0 Å². The van der Waals surface area contributed by atoms with Gasteiger partial charge in [0.2, 0.25) is 0 Å². The van der Waals surface area contributed by atoms with Crippen molar-refractivity contribution in [1.29, 1.82) is 0 Å². The molecule has 6 heteroatoms. The van der Waals surface area contributed by atoms with Crippen molar-refractivity contribution in [2.24, 2.45) is 11.8 Å². The molecule has 0 spiro atoms. The van der Waals surface area contributed by atoms with Crippen LogP contribution in [0.5, 0.6) is 0 Å². The van der Waals surface area contributed by atoms with E-state index in [0.29, 0.717) is 19.3 Å². The molecule has 0 N–H and O–H groups in total. The molecule has 0 aromatic rings. The van der Waals surface area contributed by atoms with Crippen molar-refractivity contribution in [3.63, 3.8) is 0 Å². The quantitative estimate of drug-likeness (QED) is 0.0344. The van der Waals surface area contributed by atoms with Crippen LogP contribution in [0.3, 0.4) is 0 Å². The molecule has 0 bridgehead atoms. The maximum atomic E-state index is 12.8. The van der Waals surface area contributed by atoms with Crippen molar-refractivity contribution in [2.75, 3.05) is 13.2 Å². The predicted molar refractivity (Wildman–Crippen MR) is 270 cm³/mol. The Morgan fingerprint density at radius 3 is 0.778 bits per heavy atom. The van der Waals surface area contributed by atoms with E-state index < -0.39 is 6.10 Å². The highest BCUT2D eigenvalue weighted by molar-refractivity contribution is 5.71. The first kappa shape index (κ1) is 61.4. The van der Waals surface area contributed by atoms with E-state index in [2.05, 4.69) is 34.6 Å². The van der Waals surface area contributed by atoms with Gasteiger partial charge in [-0.2, -0.15) is 0 Å². The van der Waals surface area contributed by atoms with Crippen molar-refractivity contribution in [1.82, 2.24) is 0 Å². The fourth-order valence-electron chi connectivity index (χ4n) is 8.70. The van der Waals surface area contributed by atoms with Crippen LogP contribution in [0.15, 0.2) is 0 Å². The van der Waals surface area contributed by atoms with E-state index >= 15 is 0 Å². The molecule has 0 saturated heterocycles. The summed E-state index contributed by atoms with van der Waals surface area (Å²) in [6.45, 7) is 11.4. The Hall–Kier alpha value is -1.59. The third kappa shape index (κ3) is 51.3. The van der Waals surface area contributed by atoms with Gasteiger partial charge in [-0.05, 0) is 31.1 Å². The second-order valence-electron chi connectivity index (χ2n) is 20.5. The molecule has 1 atom stereocenters. The maximum absolute atomic E-state index is 12.8. The minimum Gasteiger partial charge on any atom is -0.462 e. The number of carbonyl (C=O) groups is 3. The topological polar surface area (TPSA) is 78.9 Å². The summed E-state index contributed by atoms with van der Waals surface area (Å²) < 4.78 is 16.8. The van der Waals surface area contributed by atoms with Gasteiger partial charge >= 0.3 is 17.9 Å². The third-order valence-electron chi connectivity index (χ3n) is 13.0. The van der Waals surface area contributed by atoms with E-state index in [-0.39, 0.29) is 31.1 Å². The van der Waals surface area contributed by atoms with Crippen LogP contribution in [-0.2, 0) is 28.6 Å². The molecule has 63 heavy (non-hydrogen) atoms. The highest BCUT2D eigenvalue weighted by atomic mass is 16.6. The first-order valence-electron chi connectivity index (χ1n) is 28.2. The van der Waals surface area contributed by atoms with Crippen LogP contribution in [0, 0.1) is 11.8 Å². The standard InChI is InChI=1S/C57H110O6/c1-6-7-8-9-10-25-32-37-42-47-55(58)61-50-54(63-57(60)49-44-39-34-29-24-20-19-22-27-31-36-41-46-53(4)5)51-62-56(59)48-43-38-33-28-23-18-16-14-12-11-13-15-17-21-26-30-35-40-45-52(2)3/h52-54H,6-51H2,1-5H3/t54-/m1/s1. The van der Waals surface area contributed by atoms with Crippen LogP contribution in [-0.4, -0.2) is 37.2 Å². The summed E-state index contributed by atoms with van der Waals surface area (Å²) in [5.74, 6) is 0.847. The number of esters is 3. The van der Waals surface area contributed by atoms with Crippen LogP contribution in [0.2, 0.25) is 0 Å². The molecule has 0 saturated carbocycles. The van der Waals surface area contributed by atoms with E-state index in [1.54, 1.807) is 0 Å². The van der Waals surface area contributed by atoms with E-state index in [1.165, 1.54) is 205 Å². The Morgan fingerprint density at radius 1 is 0.302 bits per heavy atom. The van der Waals surface area contributed by atoms with Crippen molar-refractivity contribution >= 4 is 17.9 Å². The lowest BCUT2D eigenvalue weighted by Gasteiger charge is -2.18. The number of unbranched alkanes of at least 4 members (excludes halogenated alkanes) is 36. The second kappa shape index (κ2) is 49.8. The minimum atomic E-state index is -0.761. The van der Waals surface area contributed by atoms with Crippen LogP contribution in [0.4, 0.5) is 0 Å². The van der Waals surface area contributed by atoms with Crippen LogP contribution in [0.25, 0.3) is 0 Å². The predicted octanol–water partition coefficient (Wildman–Crippen LogP) is 18.5. The largest absolute Gasteiger partial charge is 0.462 e. The number of hydrogen-bond donors (Lipinski definition) is 0. The van der Waals surface area contributed by atoms with Gasteiger partial charge in [0.05, 0.1) is 0 Å². The molecule has 0 aromatic heterocycles. The lowest BCUT2D eigenvalue weighted by molar-refractivity contribution is -0.167. The Morgan fingerprint density at radius 2 is 0.524 bits per heavy atom. The van der Waals surface area contributed by atoms with Crippen molar-refractivity contribution in [2.45, 2.75) is 323 Å². The highest BCUT2D eigenvalue weighted by Crippen LogP contribution is 2.18. The highest BCUT2D eigenvalue weighted by Gasteiger charge is 2.19. The minimum absolute atomic E-state index is 0.0630. The molecular formula is C57H110O6. The zero-order chi connectivity index (χ0) is 46.1. The molecule has 0 aliphatic carbocycles. The van der Waals surface area contributed by atoms with Gasteiger partial charge in [-0.1, -0.05) is 279 Å². The average molecular weight is 892 g/mol. The molecule has 0 amide bonds. The molecule has 0 aromatic carbocycles. The Bertz CT molecular complexity index is 962. The Kier molecular flexibility index (Phi) is 48.6. The Balaban J connectivity index is 4.18. The van der Waals surface area contributed by atoms with E-state index in [9.17, 15) is 14.4 Å². The summed E-state index contributed by atoms with van der Waals surface area (Å²) in [5.41, 5.74) is 0. The smallest absolute Gasteiger partial charge is 0.306 e. The van der Waals surface area contributed by atoms with Crippen molar-refractivity contribution in [3.05, 3.63) is 0 Å². The average Bonchev–Trinajstić information content (AvgIpc) is 3.25. The van der Waals surface area contributed by atoms with Gasteiger partial charge in [-0.3, -0.25) is 14.4 Å². The van der Waals surface area contributed by atoms with Gasteiger partial charge in [0.1, 0.15) is 13.2 Å². The normalized spacial score (nSPS) is 12.0. The fourth-order valence-corrected chi connectivity index (χ4v) is 8.70. The van der Waals surface area contributed by atoms with Gasteiger partial charge in [0.25, 0.3) is 0 Å². The lowest BCUT2D eigenvalue weighted by Crippen LogP contribution is -2.30. The van der Waals surface area contributed by atoms with Gasteiger partial charge in [0.15, 0.2) is 6.10 Å². The molecule has 0 heterocycles. The van der Waals surface area contributed by atoms with Crippen molar-refractivity contribution in [3.8, 4) is 0 Å². The zero-order valence-electron chi connectivity index (χ0n) is 43.2. The number of carbonyl (C=O) groups excluding carboxylic acids is 3. The fraction of sp³-hybridized carbons (Fsp3) is 0.947. The monoisotopic (exact) mass is 891 g/mol. The summed E-state index contributed by atoms with van der Waals surface area (Å²) in [6, 6.07) is 0. The summed E-state index contributed by atoms with van der Waals surface area (Å²) in [6.07, 6.45) is 52.4. The van der Waals surface area contributed by atoms with Crippen LogP contribution in [0.1, 0.15) is 317 Å². The first-order chi connectivity index (χ1) is 30.7. The summed E-state index contributed by atoms with van der Waals surface area (Å²) in [4.78, 5) is 38.0. The zero-order valence-corrected chi connectivity index (χ0v) is 43.2. The molecule has 0 fully saturated rings. The summed E-state index contributed by atoms with van der Waals surface area (Å²) >= 11 is 0. The molecule has 374 valence electrons.